The van der Waals surface area contributed by atoms with Crippen molar-refractivity contribution in [2.75, 3.05) is 0 Å². The van der Waals surface area contributed by atoms with E-state index in [1.54, 1.807) is 12.1 Å². The SMILES string of the molecule is CC(C)Oc1ccc(-c2n[nH]c(C(C)C3CCC(c4ccnc5ccc(F)cc45)CC3)n2)cc1. The molecule has 1 atom stereocenters. The van der Waals surface area contributed by atoms with E-state index in [1.807, 2.05) is 44.3 Å². The molecule has 4 aromatic rings. The number of halogens is 1. The third-order valence-corrected chi connectivity index (χ3v) is 7.07. The topological polar surface area (TPSA) is 63.7 Å². The quantitative estimate of drug-likeness (QED) is 0.337. The molecule has 34 heavy (non-hydrogen) atoms. The van der Waals surface area contributed by atoms with E-state index in [2.05, 4.69) is 28.2 Å². The van der Waals surface area contributed by atoms with Crippen LogP contribution >= 0.6 is 0 Å². The van der Waals surface area contributed by atoms with Crippen LogP contribution < -0.4 is 4.74 Å². The number of rotatable bonds is 6. The van der Waals surface area contributed by atoms with Crippen LogP contribution in [0.2, 0.25) is 0 Å². The Bertz CT molecular complexity index is 1260. The summed E-state index contributed by atoms with van der Waals surface area (Å²) in [4.78, 5) is 9.23. The van der Waals surface area contributed by atoms with Crippen LogP contribution in [0.15, 0.2) is 54.7 Å². The van der Waals surface area contributed by atoms with Gasteiger partial charge in [0.15, 0.2) is 5.82 Å². The van der Waals surface area contributed by atoms with Crippen molar-refractivity contribution in [3.63, 3.8) is 0 Å². The van der Waals surface area contributed by atoms with Gasteiger partial charge in [0.05, 0.1) is 11.6 Å². The Morgan fingerprint density at radius 2 is 1.74 bits per heavy atom. The molecule has 0 amide bonds. The predicted octanol–water partition coefficient (Wildman–Crippen LogP) is 7.02. The highest BCUT2D eigenvalue weighted by Crippen LogP contribution is 2.42. The molecule has 5 nitrogen and oxygen atoms in total. The first kappa shape index (κ1) is 22.5. The molecule has 2 aromatic carbocycles. The third kappa shape index (κ3) is 4.67. The van der Waals surface area contributed by atoms with Gasteiger partial charge in [-0.15, -0.1) is 0 Å². The Balaban J connectivity index is 1.25. The van der Waals surface area contributed by atoms with Crippen molar-refractivity contribution in [2.24, 2.45) is 5.92 Å². The van der Waals surface area contributed by atoms with Crippen molar-refractivity contribution in [3.05, 3.63) is 71.9 Å². The highest BCUT2D eigenvalue weighted by atomic mass is 19.1. The maximum atomic E-state index is 13.9. The second-order valence-electron chi connectivity index (χ2n) is 9.70. The fraction of sp³-hybridized carbons (Fsp3) is 0.393. The largest absolute Gasteiger partial charge is 0.491 e. The predicted molar refractivity (Wildman–Crippen MR) is 132 cm³/mol. The van der Waals surface area contributed by atoms with Gasteiger partial charge in [-0.3, -0.25) is 10.1 Å². The Kier molecular flexibility index (Phi) is 6.31. The van der Waals surface area contributed by atoms with Crippen molar-refractivity contribution in [2.45, 2.75) is 64.4 Å². The van der Waals surface area contributed by atoms with Gasteiger partial charge in [0, 0.05) is 23.1 Å². The number of ether oxygens (including phenoxy) is 1. The van der Waals surface area contributed by atoms with Gasteiger partial charge in [0.25, 0.3) is 0 Å². The molecule has 0 radical (unpaired) electrons. The summed E-state index contributed by atoms with van der Waals surface area (Å²) >= 11 is 0. The average molecular weight is 459 g/mol. The number of benzene rings is 2. The Labute approximate surface area is 199 Å². The molecular weight excluding hydrogens is 427 g/mol. The van der Waals surface area contributed by atoms with E-state index in [1.165, 1.54) is 11.6 Å². The van der Waals surface area contributed by atoms with Gasteiger partial charge in [0.2, 0.25) is 0 Å². The number of nitrogens with zero attached hydrogens (tertiary/aromatic N) is 3. The van der Waals surface area contributed by atoms with Gasteiger partial charge in [-0.05, 0) is 105 Å². The van der Waals surface area contributed by atoms with Gasteiger partial charge in [-0.1, -0.05) is 6.92 Å². The van der Waals surface area contributed by atoms with E-state index in [9.17, 15) is 4.39 Å². The number of hydrogen-bond acceptors (Lipinski definition) is 4. The number of hydrogen-bond donors (Lipinski definition) is 1. The lowest BCUT2D eigenvalue weighted by Gasteiger charge is -2.32. The highest BCUT2D eigenvalue weighted by Gasteiger charge is 2.29. The monoisotopic (exact) mass is 458 g/mol. The lowest BCUT2D eigenvalue weighted by molar-refractivity contribution is 0.242. The first-order chi connectivity index (χ1) is 16.5. The zero-order chi connectivity index (χ0) is 23.7. The summed E-state index contributed by atoms with van der Waals surface area (Å²) in [7, 11) is 0. The second kappa shape index (κ2) is 9.53. The number of pyridine rings is 1. The maximum Gasteiger partial charge on any atom is 0.181 e. The molecule has 1 aliphatic carbocycles. The zero-order valence-corrected chi connectivity index (χ0v) is 20.0. The van der Waals surface area contributed by atoms with Gasteiger partial charge in [-0.25, -0.2) is 9.37 Å². The van der Waals surface area contributed by atoms with Crippen LogP contribution in [0.3, 0.4) is 0 Å². The first-order valence-electron chi connectivity index (χ1n) is 12.2. The van der Waals surface area contributed by atoms with Gasteiger partial charge >= 0.3 is 0 Å². The molecule has 0 spiro atoms. The summed E-state index contributed by atoms with van der Waals surface area (Å²) in [5.74, 6) is 3.60. The van der Waals surface area contributed by atoms with E-state index < -0.39 is 0 Å². The van der Waals surface area contributed by atoms with E-state index >= 15 is 0 Å². The van der Waals surface area contributed by atoms with E-state index in [0.717, 1.165) is 59.5 Å². The molecule has 0 saturated heterocycles. The summed E-state index contributed by atoms with van der Waals surface area (Å²) < 4.78 is 19.6. The number of nitrogens with one attached hydrogen (secondary N) is 1. The number of fused-ring (bicyclic) bond motifs is 1. The zero-order valence-electron chi connectivity index (χ0n) is 20.0. The summed E-state index contributed by atoms with van der Waals surface area (Å²) in [6.07, 6.45) is 6.40. The molecule has 2 aromatic heterocycles. The van der Waals surface area contributed by atoms with Gasteiger partial charge in [0.1, 0.15) is 17.4 Å². The molecule has 0 aliphatic heterocycles. The molecule has 1 saturated carbocycles. The van der Waals surface area contributed by atoms with Gasteiger partial charge < -0.3 is 4.74 Å². The minimum absolute atomic E-state index is 0.148. The van der Waals surface area contributed by atoms with Crippen LogP contribution in [0.4, 0.5) is 4.39 Å². The molecule has 2 heterocycles. The molecular formula is C28H31FN4O. The number of aromatic nitrogens is 4. The molecule has 1 N–H and O–H groups in total. The molecule has 176 valence electrons. The fourth-order valence-electron chi connectivity index (χ4n) is 5.21. The second-order valence-corrected chi connectivity index (χ2v) is 9.70. The smallest absolute Gasteiger partial charge is 0.181 e. The van der Waals surface area contributed by atoms with Crippen molar-refractivity contribution in [1.82, 2.24) is 20.2 Å². The number of aromatic amines is 1. The lowest BCUT2D eigenvalue weighted by Crippen LogP contribution is -2.19. The van der Waals surface area contributed by atoms with Crippen molar-refractivity contribution in [1.29, 1.82) is 0 Å². The fourth-order valence-corrected chi connectivity index (χ4v) is 5.21. The highest BCUT2D eigenvalue weighted by molar-refractivity contribution is 5.82. The van der Waals surface area contributed by atoms with Crippen molar-refractivity contribution < 1.29 is 9.13 Å². The molecule has 1 aliphatic rings. The van der Waals surface area contributed by atoms with Crippen molar-refractivity contribution in [3.8, 4) is 17.1 Å². The van der Waals surface area contributed by atoms with E-state index in [4.69, 9.17) is 9.72 Å². The summed E-state index contributed by atoms with van der Waals surface area (Å²) in [6, 6.07) is 14.9. The van der Waals surface area contributed by atoms with Crippen LogP contribution in [0.25, 0.3) is 22.3 Å². The normalized spacial score (nSPS) is 19.4. The van der Waals surface area contributed by atoms with Crippen LogP contribution in [-0.2, 0) is 0 Å². The first-order valence-corrected chi connectivity index (χ1v) is 12.2. The molecule has 5 rings (SSSR count). The summed E-state index contributed by atoms with van der Waals surface area (Å²) in [5.41, 5.74) is 3.07. The van der Waals surface area contributed by atoms with Gasteiger partial charge in [-0.2, -0.15) is 5.10 Å². The maximum absolute atomic E-state index is 13.9. The van der Waals surface area contributed by atoms with Crippen LogP contribution in [-0.4, -0.2) is 26.3 Å². The summed E-state index contributed by atoms with van der Waals surface area (Å²) in [5, 5.41) is 8.61. The Morgan fingerprint density at radius 1 is 0.971 bits per heavy atom. The summed E-state index contributed by atoms with van der Waals surface area (Å²) in [6.45, 7) is 6.28. The Morgan fingerprint density at radius 3 is 2.47 bits per heavy atom. The Hall–Kier alpha value is -3.28. The van der Waals surface area contributed by atoms with Crippen LogP contribution in [0.5, 0.6) is 5.75 Å². The minimum atomic E-state index is -0.202. The van der Waals surface area contributed by atoms with Crippen molar-refractivity contribution >= 4 is 10.9 Å². The van der Waals surface area contributed by atoms with E-state index in [-0.39, 0.29) is 11.9 Å². The standard InChI is InChI=1S/C28H31FN4O/c1-17(2)34-23-11-8-21(9-12-23)28-31-27(32-33-28)18(3)19-4-6-20(7-5-19)24-14-15-30-26-13-10-22(29)16-25(24)26/h8-20H,4-7H2,1-3H3,(H,31,32,33). The van der Waals surface area contributed by atoms with Crippen LogP contribution in [0, 0.1) is 11.7 Å². The third-order valence-electron chi connectivity index (χ3n) is 7.07. The molecule has 6 heteroatoms. The molecule has 1 fully saturated rings. The number of H-pyrrole nitrogens is 1. The average Bonchev–Trinajstić information content (AvgIpc) is 3.34. The lowest BCUT2D eigenvalue weighted by atomic mass is 9.73. The molecule has 0 bridgehead atoms. The molecule has 1 unspecified atom stereocenters. The minimum Gasteiger partial charge on any atom is -0.491 e. The van der Waals surface area contributed by atoms with Crippen LogP contribution in [0.1, 0.15) is 69.7 Å². The van der Waals surface area contributed by atoms with E-state index in [0.29, 0.717) is 17.8 Å².